The number of fused-ring (bicyclic) bond motifs is 4. The van der Waals surface area contributed by atoms with Crippen LogP contribution in [0.25, 0.3) is 21.8 Å². The highest BCUT2D eigenvalue weighted by Gasteiger charge is 2.46. The van der Waals surface area contributed by atoms with Gasteiger partial charge in [0, 0.05) is 125 Å². The smallest absolute Gasteiger partial charge is 0.246 e. The molecular weight excluding hydrogens is 1720 g/mol. The van der Waals surface area contributed by atoms with Gasteiger partial charge in [0.05, 0.1) is 50.6 Å². The van der Waals surface area contributed by atoms with E-state index in [9.17, 15) is 58.2 Å². The Kier molecular flexibility index (Phi) is 38.8. The van der Waals surface area contributed by atoms with E-state index in [1.807, 2.05) is 44.2 Å². The Bertz CT molecular complexity index is 4920. The Morgan fingerprint density at radius 1 is 0.576 bits per heavy atom. The number of nitrogens with two attached hydrogens (primary N) is 2. The number of likely N-dealkylation sites (N-methyl/N-ethyl adjacent to an activating group) is 3. The summed E-state index contributed by atoms with van der Waals surface area (Å²) in [7, 11) is 4.07. The quantitative estimate of drug-likeness (QED) is 0.0432. The average Bonchev–Trinajstić information content (AvgIpc) is 1.71. The van der Waals surface area contributed by atoms with Crippen molar-refractivity contribution in [2.45, 2.75) is 230 Å². The number of amides is 16. The van der Waals surface area contributed by atoms with Gasteiger partial charge in [-0.25, -0.2) is 0 Å². The molecule has 17 N–H and O–H groups in total. The number of hydrogen-bond acceptors (Lipinski definition) is 22. The number of phenols is 1. The molecule has 6 heterocycles. The number of ketones is 1. The molecule has 0 unspecified atom stereocenters. The number of aromatic amines is 2. The number of Topliss-reactive ketones (excluding diaryl/α,β-unsaturated/α-hetero) is 1. The van der Waals surface area contributed by atoms with Crippen molar-refractivity contribution in [3.8, 4) is 5.75 Å². The van der Waals surface area contributed by atoms with Crippen LogP contribution in [-0.4, -0.2) is 320 Å². The number of unbranched alkanes of at least 4 members (excludes halogenated alkanes) is 2. The molecule has 132 heavy (non-hydrogen) atoms. The van der Waals surface area contributed by atoms with Crippen LogP contribution in [0, 0.1) is 17.8 Å². The van der Waals surface area contributed by atoms with E-state index in [1.54, 1.807) is 58.3 Å². The molecule has 4 aliphatic rings. The maximum absolute atomic E-state index is 15.6. The Hall–Kier alpha value is -12.0. The third-order valence-corrected chi connectivity index (χ3v) is 25.6. The zero-order valence-corrected chi connectivity index (χ0v) is 77.7. The number of carbonyl (C=O) groups is 17. The fraction of sp³-hybridized carbons (Fsp3) is 0.576. The van der Waals surface area contributed by atoms with Gasteiger partial charge >= 0.3 is 0 Å². The first-order valence-corrected chi connectivity index (χ1v) is 46.6. The minimum atomic E-state index is -1.75. The SMILES string of the molecule is CCCC[C@H]1C(=O)N(C)[C@@H](CCCC)C(=O)N[C@@H](CC(C)C)C(=O)N[C@H](C(=O)NCC(=O)N2CCOCC2)CSCC(=O)N[C@@H](Cc2ccc(O)cc2)C(=O)N(C)[C@@H](C)C(=O)N[C@@H](CC(N)=O)C(=O)N2CCC[C@H]2C(=O)N[C@@H](CN)C(=O)N[C@@H](CC(C)C)C(=O)N2C[C@H](O)C[C@H]2C(=O)C[C@@H](Cc2c[nH]c3ccccc23)C(=O)NCC(=O)N[C@@H](Cc2c[nH]c3ccccc23)C(=O)N1C. The minimum absolute atomic E-state index is 0.00896. The van der Waals surface area contributed by atoms with Crippen LogP contribution in [-0.2, 0) is 106 Å². The lowest BCUT2D eigenvalue weighted by atomic mass is 9.90. The van der Waals surface area contributed by atoms with Gasteiger partial charge in [-0.15, -0.1) is 11.8 Å². The number of para-hydroxylation sites is 2. The molecule has 14 atom stereocenters. The molecule has 0 aliphatic carbocycles. The number of primary amides is 1. The number of aromatic nitrogens is 2. The second kappa shape index (κ2) is 49.4. The Labute approximate surface area is 772 Å². The van der Waals surface area contributed by atoms with E-state index in [2.05, 4.69) is 57.8 Å². The number of nitrogens with one attached hydrogen (secondary N) is 11. The molecule has 4 saturated heterocycles. The second-order valence-electron chi connectivity index (χ2n) is 35.4. The molecule has 2 aromatic heterocycles. The van der Waals surface area contributed by atoms with Gasteiger partial charge in [-0.2, -0.15) is 0 Å². The van der Waals surface area contributed by atoms with Gasteiger partial charge in [-0.3, -0.25) is 81.5 Å². The number of rotatable bonds is 22. The monoisotopic (exact) mass is 1850 g/mol. The minimum Gasteiger partial charge on any atom is -0.508 e. The lowest BCUT2D eigenvalue weighted by molar-refractivity contribution is -0.149. The summed E-state index contributed by atoms with van der Waals surface area (Å²) < 4.78 is 5.42. The Morgan fingerprint density at radius 2 is 1.13 bits per heavy atom. The first-order valence-electron chi connectivity index (χ1n) is 45.5. The fourth-order valence-electron chi connectivity index (χ4n) is 17.1. The zero-order valence-electron chi connectivity index (χ0n) is 76.9. The molecule has 0 spiro atoms. The van der Waals surface area contributed by atoms with Crippen LogP contribution in [0.1, 0.15) is 149 Å². The summed E-state index contributed by atoms with van der Waals surface area (Å²) in [6.07, 6.45) is 2.16. The highest BCUT2D eigenvalue weighted by atomic mass is 32.2. The average molecular weight is 1860 g/mol. The van der Waals surface area contributed by atoms with Crippen molar-refractivity contribution in [1.29, 1.82) is 0 Å². The summed E-state index contributed by atoms with van der Waals surface area (Å²) in [5.74, 6) is -16.8. The lowest BCUT2D eigenvalue weighted by Gasteiger charge is -2.36. The summed E-state index contributed by atoms with van der Waals surface area (Å²) in [6, 6.07) is 2.83. The highest BCUT2D eigenvalue weighted by Crippen LogP contribution is 2.30. The third-order valence-electron chi connectivity index (χ3n) is 24.6. The van der Waals surface area contributed by atoms with Gasteiger partial charge < -0.3 is 114 Å². The number of benzene rings is 3. The summed E-state index contributed by atoms with van der Waals surface area (Å²) >= 11 is 0.839. The van der Waals surface area contributed by atoms with Gasteiger partial charge in [-0.05, 0) is 105 Å². The standard InChI is InChI=1S/C92H131N19O20S/c1-11-13-24-72-86(124)101-65(36-52(3)4)84(122)105-71(83(121)98-48-80(118)109-32-34-131-35-33-109)50-132-51-79(117)100-67(38-55-27-29-59(112)30-28-55)88(126)106(8)54(7)81(119)102-69(43-77(94)115)90(128)110-31-19-26-73(110)87(125)104-70(44-93)85(123)103-66(37-53(5)6)91(129)111-49-60(113)42-75(111)76(114)41-56(39-57-45-95-63-22-17-15-20-61(57)63)82(120)97-47-78(116)99-68(40-58-46-96-64-23-18-16-21-62(58)64)89(127)108(10)74(25-14-12-2)92(130)107(72)9/h15-18,20-23,27-30,45-46,52-54,56,60,65-75,95-96,112-113H,11-14,19,24-26,31-44,47-51,93H2,1-10H3,(H2,94,115)(H,97,120)(H,98,121)(H,99,116)(H,100,117)(H,101,124)(H,102,119)(H,103,123)(H,104,125)(H,105,122)/t54-,56+,60+,65-,66-,67-,68-,69-,70-,71-,72-,73-,74-,75-/m0/s1. The highest BCUT2D eigenvalue weighted by molar-refractivity contribution is 8.00. The number of thioether (sulfide) groups is 1. The predicted molar refractivity (Wildman–Crippen MR) is 490 cm³/mol. The first-order chi connectivity index (χ1) is 62.9. The van der Waals surface area contributed by atoms with Crippen LogP contribution in [0.15, 0.2) is 85.2 Å². The largest absolute Gasteiger partial charge is 0.508 e. The number of aliphatic hydroxyl groups excluding tert-OH is 1. The van der Waals surface area contributed by atoms with Gasteiger partial charge in [0.25, 0.3) is 0 Å². The third kappa shape index (κ3) is 28.5. The van der Waals surface area contributed by atoms with Crippen LogP contribution in [0.4, 0.5) is 0 Å². The molecule has 39 nitrogen and oxygen atoms in total. The number of carbonyl (C=O) groups excluding carboxylic acids is 17. The molecule has 5 aromatic rings. The topological polar surface area (TPSA) is 551 Å². The predicted octanol–water partition coefficient (Wildman–Crippen LogP) is -0.0499. The number of morpholine rings is 1. The van der Waals surface area contributed by atoms with Crippen LogP contribution >= 0.6 is 11.8 Å². The van der Waals surface area contributed by atoms with Crippen LogP contribution in [0.2, 0.25) is 0 Å². The summed E-state index contributed by atoms with van der Waals surface area (Å²) in [5.41, 5.74) is 15.0. The van der Waals surface area contributed by atoms with Gasteiger partial charge in [0.1, 0.15) is 72.2 Å². The molecule has 720 valence electrons. The molecule has 0 saturated carbocycles. The fourth-order valence-corrected chi connectivity index (χ4v) is 17.9. The Morgan fingerprint density at radius 3 is 1.75 bits per heavy atom. The lowest BCUT2D eigenvalue weighted by Crippen LogP contribution is -2.61. The van der Waals surface area contributed by atoms with E-state index in [4.69, 9.17) is 16.2 Å². The van der Waals surface area contributed by atoms with Crippen molar-refractivity contribution in [2.24, 2.45) is 29.2 Å². The van der Waals surface area contributed by atoms with Crippen LogP contribution in [0.5, 0.6) is 5.75 Å². The number of aromatic hydroxyl groups is 1. The van der Waals surface area contributed by atoms with Crippen molar-refractivity contribution < 1.29 is 96.5 Å². The van der Waals surface area contributed by atoms with Crippen molar-refractivity contribution in [3.63, 3.8) is 0 Å². The van der Waals surface area contributed by atoms with Gasteiger partial charge in [-0.1, -0.05) is 116 Å². The van der Waals surface area contributed by atoms with Crippen molar-refractivity contribution in [2.75, 3.05) is 91.7 Å². The number of H-pyrrole nitrogens is 2. The van der Waals surface area contributed by atoms with E-state index in [1.165, 1.54) is 67.0 Å². The van der Waals surface area contributed by atoms with E-state index in [-0.39, 0.29) is 127 Å². The molecule has 4 aliphatic heterocycles. The van der Waals surface area contributed by atoms with E-state index in [0.29, 0.717) is 64.2 Å². The van der Waals surface area contributed by atoms with E-state index in [0.717, 1.165) is 26.5 Å². The first kappa shape index (κ1) is 104. The molecule has 0 bridgehead atoms. The molecule has 3 aromatic carbocycles. The molecule has 9 rings (SSSR count). The normalized spacial score (nSPS) is 25.4. The van der Waals surface area contributed by atoms with Crippen molar-refractivity contribution in [1.82, 2.24) is 87.2 Å². The van der Waals surface area contributed by atoms with E-state index >= 15 is 33.6 Å². The Balaban J connectivity index is 1.07. The van der Waals surface area contributed by atoms with Crippen LogP contribution < -0.4 is 59.3 Å². The van der Waals surface area contributed by atoms with Gasteiger partial charge in [0.15, 0.2) is 5.78 Å². The molecular formula is C92H131N19O20S. The maximum atomic E-state index is 15.6. The summed E-state index contributed by atoms with van der Waals surface area (Å²) in [5, 5.41) is 47.3. The van der Waals surface area contributed by atoms with E-state index < -0.39 is 223 Å². The molecule has 4 fully saturated rings. The summed E-state index contributed by atoms with van der Waals surface area (Å²) in [4.78, 5) is 264. The number of nitrogens with zero attached hydrogens (tertiary/aromatic N) is 6. The van der Waals surface area contributed by atoms with Crippen molar-refractivity contribution >= 4 is 134 Å². The number of hydrogen-bond donors (Lipinski definition) is 15. The molecule has 0 radical (unpaired) electrons. The molecule has 16 amide bonds. The van der Waals surface area contributed by atoms with Gasteiger partial charge in [0.2, 0.25) is 94.5 Å². The summed E-state index contributed by atoms with van der Waals surface area (Å²) in [6.45, 7) is 10.9. The number of aliphatic hydroxyl groups is 1. The van der Waals surface area contributed by atoms with Crippen molar-refractivity contribution in [3.05, 3.63) is 102 Å². The maximum Gasteiger partial charge on any atom is 0.246 e. The number of ether oxygens (including phenoxy) is 1. The van der Waals surface area contributed by atoms with Crippen LogP contribution in [0.3, 0.4) is 0 Å². The number of phenolic OH excluding ortho intramolecular Hbond substituents is 1. The second-order valence-corrected chi connectivity index (χ2v) is 36.5. The molecule has 40 heteroatoms. The zero-order chi connectivity index (χ0) is 96.3.